The minimum Gasteiger partial charge on any atom is -0.481 e. The molecule has 4 heteroatoms. The van der Waals surface area contributed by atoms with Gasteiger partial charge in [-0.2, -0.15) is 0 Å². The van der Waals surface area contributed by atoms with Gasteiger partial charge in [0.05, 0.1) is 0 Å². The SMILES string of the molecule is Cc1cc(O[C@@H](C)C(=O)Nc2cccc3ccccc23)ccc1Cl. The van der Waals surface area contributed by atoms with Crippen molar-refractivity contribution < 1.29 is 9.53 Å². The third-order valence-electron chi connectivity index (χ3n) is 3.86. The van der Waals surface area contributed by atoms with E-state index in [1.165, 1.54) is 0 Å². The van der Waals surface area contributed by atoms with Crippen LogP contribution < -0.4 is 10.1 Å². The van der Waals surface area contributed by atoms with Crippen molar-refractivity contribution in [2.45, 2.75) is 20.0 Å². The lowest BCUT2D eigenvalue weighted by Gasteiger charge is -2.16. The number of aryl methyl sites for hydroxylation is 1. The van der Waals surface area contributed by atoms with Gasteiger partial charge in [0.15, 0.2) is 6.10 Å². The van der Waals surface area contributed by atoms with Crippen molar-refractivity contribution in [1.29, 1.82) is 0 Å². The van der Waals surface area contributed by atoms with Crippen LogP contribution >= 0.6 is 11.6 Å². The van der Waals surface area contributed by atoms with Gasteiger partial charge in [0.1, 0.15) is 5.75 Å². The van der Waals surface area contributed by atoms with E-state index in [1.54, 1.807) is 19.1 Å². The molecule has 0 unspecified atom stereocenters. The number of carbonyl (C=O) groups is 1. The second kappa shape index (κ2) is 6.93. The quantitative estimate of drug-likeness (QED) is 0.708. The molecular weight excluding hydrogens is 322 g/mol. The van der Waals surface area contributed by atoms with E-state index in [0.29, 0.717) is 10.8 Å². The van der Waals surface area contributed by atoms with Crippen molar-refractivity contribution in [1.82, 2.24) is 0 Å². The number of anilines is 1. The monoisotopic (exact) mass is 339 g/mol. The van der Waals surface area contributed by atoms with Gasteiger partial charge < -0.3 is 10.1 Å². The Kier molecular flexibility index (Phi) is 4.72. The third-order valence-corrected chi connectivity index (χ3v) is 4.28. The van der Waals surface area contributed by atoms with Gasteiger partial charge in [0.2, 0.25) is 0 Å². The van der Waals surface area contributed by atoms with Crippen LogP contribution in [0.1, 0.15) is 12.5 Å². The molecule has 0 bridgehead atoms. The standard InChI is InChI=1S/C20H18ClNO2/c1-13-12-16(10-11-18(13)21)24-14(2)20(23)22-19-9-5-7-15-6-3-4-8-17(15)19/h3-12,14H,1-2H3,(H,22,23)/t14-/m0/s1. The molecule has 0 aliphatic heterocycles. The highest BCUT2D eigenvalue weighted by Crippen LogP contribution is 2.24. The summed E-state index contributed by atoms with van der Waals surface area (Å²) in [7, 11) is 0. The van der Waals surface area contributed by atoms with Crippen LogP contribution in [0.15, 0.2) is 60.7 Å². The van der Waals surface area contributed by atoms with E-state index in [1.807, 2.05) is 55.5 Å². The average molecular weight is 340 g/mol. The van der Waals surface area contributed by atoms with Gasteiger partial charge in [-0.1, -0.05) is 48.0 Å². The first-order valence-electron chi connectivity index (χ1n) is 7.76. The molecule has 0 aliphatic carbocycles. The average Bonchev–Trinajstić information content (AvgIpc) is 2.58. The normalized spacial score (nSPS) is 12.0. The van der Waals surface area contributed by atoms with E-state index in [9.17, 15) is 4.79 Å². The second-order valence-electron chi connectivity index (χ2n) is 5.69. The van der Waals surface area contributed by atoms with Crippen molar-refractivity contribution in [2.75, 3.05) is 5.32 Å². The molecule has 122 valence electrons. The van der Waals surface area contributed by atoms with E-state index >= 15 is 0 Å². The number of halogens is 1. The van der Waals surface area contributed by atoms with Gasteiger partial charge in [0.25, 0.3) is 5.91 Å². The highest BCUT2D eigenvalue weighted by Gasteiger charge is 2.16. The minimum atomic E-state index is -0.621. The van der Waals surface area contributed by atoms with Gasteiger partial charge in [-0.05, 0) is 49.1 Å². The van der Waals surface area contributed by atoms with Crippen LogP contribution in [0.4, 0.5) is 5.69 Å². The first-order valence-corrected chi connectivity index (χ1v) is 8.14. The van der Waals surface area contributed by atoms with E-state index in [4.69, 9.17) is 16.3 Å². The zero-order chi connectivity index (χ0) is 17.1. The zero-order valence-corrected chi connectivity index (χ0v) is 14.3. The van der Waals surface area contributed by atoms with Crippen molar-refractivity contribution in [3.8, 4) is 5.75 Å². The first kappa shape index (κ1) is 16.3. The summed E-state index contributed by atoms with van der Waals surface area (Å²) >= 11 is 6.01. The predicted molar refractivity (Wildman–Crippen MR) is 98.9 cm³/mol. The summed E-state index contributed by atoms with van der Waals surface area (Å²) in [6.45, 7) is 3.63. The lowest BCUT2D eigenvalue weighted by molar-refractivity contribution is -0.122. The van der Waals surface area contributed by atoms with Gasteiger partial charge in [0, 0.05) is 16.1 Å². The molecule has 0 spiro atoms. The van der Waals surface area contributed by atoms with Crippen LogP contribution in [0, 0.1) is 6.92 Å². The third kappa shape index (κ3) is 3.52. The van der Waals surface area contributed by atoms with Crippen LogP contribution in [0.2, 0.25) is 5.02 Å². The molecule has 0 heterocycles. The highest BCUT2D eigenvalue weighted by molar-refractivity contribution is 6.31. The summed E-state index contributed by atoms with van der Waals surface area (Å²) < 4.78 is 5.73. The molecule has 3 nitrogen and oxygen atoms in total. The summed E-state index contributed by atoms with van der Waals surface area (Å²) in [6, 6.07) is 19.1. The molecule has 24 heavy (non-hydrogen) atoms. The number of carbonyl (C=O) groups excluding carboxylic acids is 1. The molecular formula is C20H18ClNO2. The number of hydrogen-bond donors (Lipinski definition) is 1. The van der Waals surface area contributed by atoms with Crippen LogP contribution in [0.25, 0.3) is 10.8 Å². The van der Waals surface area contributed by atoms with Gasteiger partial charge >= 0.3 is 0 Å². The van der Waals surface area contributed by atoms with E-state index < -0.39 is 6.10 Å². The molecule has 0 fully saturated rings. The molecule has 0 saturated heterocycles. The molecule has 3 rings (SSSR count). The van der Waals surface area contributed by atoms with Crippen molar-refractivity contribution in [3.05, 3.63) is 71.2 Å². The van der Waals surface area contributed by atoms with Gasteiger partial charge in [-0.3, -0.25) is 4.79 Å². The Morgan fingerprint density at radius 3 is 2.62 bits per heavy atom. The smallest absolute Gasteiger partial charge is 0.265 e. The second-order valence-corrected chi connectivity index (χ2v) is 6.09. The minimum absolute atomic E-state index is 0.195. The van der Waals surface area contributed by atoms with Crippen molar-refractivity contribution in [2.24, 2.45) is 0 Å². The summed E-state index contributed by atoms with van der Waals surface area (Å²) in [5.41, 5.74) is 1.69. The molecule has 1 atom stereocenters. The summed E-state index contributed by atoms with van der Waals surface area (Å²) in [6.07, 6.45) is -0.621. The fourth-order valence-corrected chi connectivity index (χ4v) is 2.63. The molecule has 3 aromatic carbocycles. The number of ether oxygens (including phenoxy) is 1. The predicted octanol–water partition coefficient (Wildman–Crippen LogP) is 5.21. The van der Waals surface area contributed by atoms with Crippen molar-refractivity contribution >= 4 is 34.0 Å². The number of hydrogen-bond acceptors (Lipinski definition) is 2. The van der Waals surface area contributed by atoms with E-state index in [0.717, 1.165) is 22.0 Å². The first-order chi connectivity index (χ1) is 11.5. The zero-order valence-electron chi connectivity index (χ0n) is 13.5. The Morgan fingerprint density at radius 1 is 1.08 bits per heavy atom. The largest absolute Gasteiger partial charge is 0.481 e. The van der Waals surface area contributed by atoms with Crippen LogP contribution in [0.5, 0.6) is 5.75 Å². The van der Waals surface area contributed by atoms with E-state index in [2.05, 4.69) is 5.32 Å². The van der Waals surface area contributed by atoms with E-state index in [-0.39, 0.29) is 5.91 Å². The molecule has 1 amide bonds. The lowest BCUT2D eigenvalue weighted by atomic mass is 10.1. The summed E-state index contributed by atoms with van der Waals surface area (Å²) in [5, 5.41) is 5.70. The topological polar surface area (TPSA) is 38.3 Å². The summed E-state index contributed by atoms with van der Waals surface area (Å²) in [5.74, 6) is 0.427. The molecule has 0 aromatic heterocycles. The molecule has 3 aromatic rings. The Balaban J connectivity index is 1.75. The maximum atomic E-state index is 12.5. The number of nitrogens with one attached hydrogen (secondary N) is 1. The Labute approximate surface area is 146 Å². The number of rotatable bonds is 4. The number of benzene rings is 3. The molecule has 0 saturated carbocycles. The summed E-state index contributed by atoms with van der Waals surface area (Å²) in [4.78, 5) is 12.5. The Morgan fingerprint density at radius 2 is 1.83 bits per heavy atom. The van der Waals surface area contributed by atoms with Gasteiger partial charge in [-0.25, -0.2) is 0 Å². The fourth-order valence-electron chi connectivity index (χ4n) is 2.52. The van der Waals surface area contributed by atoms with Crippen LogP contribution in [-0.2, 0) is 4.79 Å². The Bertz CT molecular complexity index is 886. The van der Waals surface area contributed by atoms with Crippen LogP contribution in [0.3, 0.4) is 0 Å². The fraction of sp³-hybridized carbons (Fsp3) is 0.150. The maximum Gasteiger partial charge on any atom is 0.265 e. The molecule has 1 N–H and O–H groups in total. The van der Waals surface area contributed by atoms with Crippen molar-refractivity contribution in [3.63, 3.8) is 0 Å². The molecule has 0 radical (unpaired) electrons. The highest BCUT2D eigenvalue weighted by atomic mass is 35.5. The Hall–Kier alpha value is -2.52. The lowest BCUT2D eigenvalue weighted by Crippen LogP contribution is -2.30. The number of fused-ring (bicyclic) bond motifs is 1. The van der Waals surface area contributed by atoms with Gasteiger partial charge in [-0.15, -0.1) is 0 Å². The molecule has 0 aliphatic rings. The van der Waals surface area contributed by atoms with Crippen LogP contribution in [-0.4, -0.2) is 12.0 Å². The number of amides is 1. The maximum absolute atomic E-state index is 12.5.